The minimum atomic E-state index is -0.880. The van der Waals surface area contributed by atoms with Gasteiger partial charge in [0.1, 0.15) is 17.5 Å². The zero-order chi connectivity index (χ0) is 22.8. The molecule has 3 aromatic rings. The largest absolute Gasteiger partial charge is 0.342 e. The first kappa shape index (κ1) is 21.9. The van der Waals surface area contributed by atoms with Crippen LogP contribution < -0.4 is 5.32 Å². The minimum absolute atomic E-state index is 0.384. The predicted octanol–water partition coefficient (Wildman–Crippen LogP) is 3.38. The Morgan fingerprint density at radius 1 is 1.00 bits per heavy atom. The molecule has 1 atom stereocenters. The number of aromatic nitrogens is 3. The van der Waals surface area contributed by atoms with Crippen LogP contribution in [0.1, 0.15) is 40.5 Å². The quantitative estimate of drug-likeness (QED) is 0.610. The lowest BCUT2D eigenvalue weighted by molar-refractivity contribution is 0.0933. The average Bonchev–Trinajstić information content (AvgIpc) is 3.07. The number of rotatable bonds is 5. The Labute approximate surface area is 181 Å². The topological polar surface area (TPSA) is 63.1 Å². The number of benzene rings is 2. The fraction of sp³-hybridized carbons (Fsp3) is 0.318. The van der Waals surface area contributed by atoms with Crippen LogP contribution in [0, 0.1) is 23.3 Å². The lowest BCUT2D eigenvalue weighted by atomic mass is 10.1. The second-order valence-corrected chi connectivity index (χ2v) is 7.72. The number of hydrogen-bond donors (Lipinski definition) is 1. The third kappa shape index (κ3) is 4.64. The van der Waals surface area contributed by atoms with Gasteiger partial charge in [0, 0.05) is 32.6 Å². The van der Waals surface area contributed by atoms with Crippen molar-refractivity contribution in [2.75, 3.05) is 13.1 Å². The Balaban J connectivity index is 1.44. The molecule has 0 unspecified atom stereocenters. The van der Waals surface area contributed by atoms with Gasteiger partial charge in [-0.2, -0.15) is 0 Å². The van der Waals surface area contributed by atoms with Crippen molar-refractivity contribution in [3.05, 3.63) is 82.4 Å². The molecule has 4 rings (SSSR count). The van der Waals surface area contributed by atoms with Crippen molar-refractivity contribution < 1.29 is 22.4 Å². The summed E-state index contributed by atoms with van der Waals surface area (Å²) in [7, 11) is 0. The Bertz CT molecular complexity index is 1150. The number of hydrogen-bond acceptors (Lipinski definition) is 4. The van der Waals surface area contributed by atoms with Crippen LogP contribution >= 0.6 is 0 Å². The smallest absolute Gasteiger partial charge is 0.254 e. The molecule has 0 fully saturated rings. The maximum Gasteiger partial charge on any atom is 0.254 e. The van der Waals surface area contributed by atoms with Crippen LogP contribution in [0.3, 0.4) is 0 Å². The highest BCUT2D eigenvalue weighted by Gasteiger charge is 2.24. The van der Waals surface area contributed by atoms with E-state index in [0.717, 1.165) is 30.1 Å². The first-order valence-corrected chi connectivity index (χ1v) is 10.2. The Morgan fingerprint density at radius 3 is 2.56 bits per heavy atom. The molecule has 1 aliphatic rings. The van der Waals surface area contributed by atoms with E-state index in [1.54, 1.807) is 13.0 Å². The predicted molar refractivity (Wildman–Crippen MR) is 108 cm³/mol. The van der Waals surface area contributed by atoms with Gasteiger partial charge in [0.15, 0.2) is 17.5 Å². The zero-order valence-corrected chi connectivity index (χ0v) is 17.3. The van der Waals surface area contributed by atoms with E-state index >= 15 is 0 Å². The van der Waals surface area contributed by atoms with Gasteiger partial charge in [-0.25, -0.2) is 17.6 Å². The summed E-state index contributed by atoms with van der Waals surface area (Å²) in [6.45, 7) is 3.92. The zero-order valence-electron chi connectivity index (χ0n) is 17.3. The van der Waals surface area contributed by atoms with E-state index in [9.17, 15) is 22.4 Å². The molecule has 168 valence electrons. The van der Waals surface area contributed by atoms with Crippen molar-refractivity contribution in [1.29, 1.82) is 0 Å². The summed E-state index contributed by atoms with van der Waals surface area (Å²) in [5, 5.41) is 11.0. The Morgan fingerprint density at radius 2 is 1.78 bits per heavy atom. The molecule has 0 bridgehead atoms. The number of carbonyl (C=O) groups is 1. The van der Waals surface area contributed by atoms with Gasteiger partial charge >= 0.3 is 0 Å². The van der Waals surface area contributed by atoms with Crippen molar-refractivity contribution in [3.8, 4) is 0 Å². The van der Waals surface area contributed by atoms with Gasteiger partial charge in [-0.3, -0.25) is 9.69 Å². The van der Waals surface area contributed by atoms with Gasteiger partial charge in [0.2, 0.25) is 0 Å². The SMILES string of the molecule is C[C@H](NC(=O)c1cc(F)ccc1F)c1nnc2n1CCN(Cc1ccc(F)c(F)c1)CC2. The molecular formula is C22H21F4N5O. The van der Waals surface area contributed by atoms with E-state index in [4.69, 9.17) is 0 Å². The summed E-state index contributed by atoms with van der Waals surface area (Å²) in [5.41, 5.74) is 0.282. The highest BCUT2D eigenvalue weighted by molar-refractivity contribution is 5.94. The standard InChI is InChI=1S/C22H21F4N5O/c1-13(27-22(32)16-11-15(23)3-5-17(16)24)21-29-28-20-6-7-30(8-9-31(20)21)12-14-2-4-18(25)19(26)10-14/h2-5,10-11,13H,6-9,12H2,1H3,(H,27,32)/t13-/m0/s1. The van der Waals surface area contributed by atoms with Gasteiger partial charge in [0.05, 0.1) is 11.6 Å². The summed E-state index contributed by atoms with van der Waals surface area (Å²) in [6, 6.07) is 5.95. The number of fused-ring (bicyclic) bond motifs is 1. The molecule has 32 heavy (non-hydrogen) atoms. The molecule has 6 nitrogen and oxygen atoms in total. The Kier molecular flexibility index (Phi) is 6.22. The van der Waals surface area contributed by atoms with Crippen molar-refractivity contribution in [1.82, 2.24) is 25.0 Å². The molecule has 0 saturated heterocycles. The minimum Gasteiger partial charge on any atom is -0.342 e. The monoisotopic (exact) mass is 447 g/mol. The first-order valence-electron chi connectivity index (χ1n) is 10.2. The summed E-state index contributed by atoms with van der Waals surface area (Å²) in [6.07, 6.45) is 0.579. The van der Waals surface area contributed by atoms with Crippen LogP contribution in [0.4, 0.5) is 17.6 Å². The number of halogens is 4. The molecule has 1 aliphatic heterocycles. The molecule has 2 aromatic carbocycles. The maximum atomic E-state index is 13.9. The van der Waals surface area contributed by atoms with Crippen LogP contribution in [0.25, 0.3) is 0 Å². The van der Waals surface area contributed by atoms with E-state index < -0.39 is 35.2 Å². The number of nitrogens with zero attached hydrogens (tertiary/aromatic N) is 4. The molecule has 0 saturated carbocycles. The molecule has 1 aromatic heterocycles. The molecule has 1 amide bonds. The Hall–Kier alpha value is -3.27. The van der Waals surface area contributed by atoms with Crippen LogP contribution in [-0.4, -0.2) is 38.7 Å². The summed E-state index contributed by atoms with van der Waals surface area (Å²) in [4.78, 5) is 14.5. The van der Waals surface area contributed by atoms with Crippen LogP contribution in [0.5, 0.6) is 0 Å². The normalized spacial score (nSPS) is 15.2. The van der Waals surface area contributed by atoms with E-state index in [0.29, 0.717) is 44.0 Å². The fourth-order valence-corrected chi connectivity index (χ4v) is 3.77. The van der Waals surface area contributed by atoms with Crippen LogP contribution in [0.15, 0.2) is 36.4 Å². The highest BCUT2D eigenvalue weighted by Crippen LogP contribution is 2.19. The second kappa shape index (κ2) is 9.07. The number of carbonyl (C=O) groups excluding carboxylic acids is 1. The third-order valence-corrected chi connectivity index (χ3v) is 5.45. The number of nitrogens with one attached hydrogen (secondary N) is 1. The lowest BCUT2D eigenvalue weighted by Crippen LogP contribution is -2.30. The van der Waals surface area contributed by atoms with Gasteiger partial charge in [-0.15, -0.1) is 10.2 Å². The van der Waals surface area contributed by atoms with Crippen molar-refractivity contribution in [3.63, 3.8) is 0 Å². The van der Waals surface area contributed by atoms with Gasteiger partial charge in [-0.05, 0) is 42.8 Å². The van der Waals surface area contributed by atoms with E-state index in [-0.39, 0.29) is 5.56 Å². The van der Waals surface area contributed by atoms with Crippen LogP contribution in [0.2, 0.25) is 0 Å². The van der Waals surface area contributed by atoms with E-state index in [1.165, 1.54) is 6.07 Å². The second-order valence-electron chi connectivity index (χ2n) is 7.72. The fourth-order valence-electron chi connectivity index (χ4n) is 3.77. The lowest BCUT2D eigenvalue weighted by Gasteiger charge is -2.20. The van der Waals surface area contributed by atoms with Crippen LogP contribution in [-0.2, 0) is 19.5 Å². The maximum absolute atomic E-state index is 13.9. The molecule has 1 N–H and O–H groups in total. The third-order valence-electron chi connectivity index (χ3n) is 5.45. The first-order chi connectivity index (χ1) is 15.3. The van der Waals surface area contributed by atoms with Crippen molar-refractivity contribution in [2.24, 2.45) is 0 Å². The van der Waals surface area contributed by atoms with Gasteiger partial charge in [-0.1, -0.05) is 6.07 Å². The van der Waals surface area contributed by atoms with Crippen molar-refractivity contribution >= 4 is 5.91 Å². The molecule has 0 spiro atoms. The molecule has 2 heterocycles. The molecular weight excluding hydrogens is 426 g/mol. The summed E-state index contributed by atoms with van der Waals surface area (Å²) >= 11 is 0. The average molecular weight is 447 g/mol. The van der Waals surface area contributed by atoms with Gasteiger partial charge in [0.25, 0.3) is 5.91 Å². The van der Waals surface area contributed by atoms with E-state index in [2.05, 4.69) is 20.4 Å². The molecule has 0 radical (unpaired) electrons. The number of amides is 1. The highest BCUT2D eigenvalue weighted by atomic mass is 19.2. The summed E-state index contributed by atoms with van der Waals surface area (Å²) in [5.74, 6) is -2.80. The van der Waals surface area contributed by atoms with E-state index in [1.807, 2.05) is 4.57 Å². The molecule has 0 aliphatic carbocycles. The van der Waals surface area contributed by atoms with Crippen molar-refractivity contribution in [2.45, 2.75) is 32.5 Å². The molecule has 10 heteroatoms. The van der Waals surface area contributed by atoms with Gasteiger partial charge < -0.3 is 9.88 Å². The summed E-state index contributed by atoms with van der Waals surface area (Å²) < 4.78 is 55.9.